The lowest BCUT2D eigenvalue weighted by atomic mass is 10.1. The Bertz CT molecular complexity index is 749. The molecule has 1 N–H and O–H groups in total. The highest BCUT2D eigenvalue weighted by atomic mass is 16.5. The molecule has 1 aromatic heterocycles. The SMILES string of the molecule is CC1CN(Cc2ccc(C(=O)Nc3ccc(N(C)C)nc3)cc2)CC(C)O1. The van der Waals surface area contributed by atoms with Crippen LogP contribution in [0.5, 0.6) is 0 Å². The second-order valence-electron chi connectivity index (χ2n) is 7.40. The van der Waals surface area contributed by atoms with Crippen molar-refractivity contribution in [1.82, 2.24) is 9.88 Å². The number of hydrogen-bond acceptors (Lipinski definition) is 5. The molecule has 0 spiro atoms. The normalized spacial score (nSPS) is 20.3. The summed E-state index contributed by atoms with van der Waals surface area (Å²) in [6.07, 6.45) is 2.18. The lowest BCUT2D eigenvalue weighted by Crippen LogP contribution is -2.44. The number of nitrogens with zero attached hydrogens (tertiary/aromatic N) is 3. The molecule has 144 valence electrons. The van der Waals surface area contributed by atoms with Crippen LogP contribution in [0.3, 0.4) is 0 Å². The molecule has 0 bridgehead atoms. The first-order chi connectivity index (χ1) is 12.9. The van der Waals surface area contributed by atoms with E-state index in [1.54, 1.807) is 6.20 Å². The minimum atomic E-state index is -0.130. The van der Waals surface area contributed by atoms with Crippen LogP contribution in [-0.4, -0.2) is 55.2 Å². The smallest absolute Gasteiger partial charge is 0.255 e. The number of aromatic nitrogens is 1. The molecule has 2 heterocycles. The van der Waals surface area contributed by atoms with E-state index in [0.29, 0.717) is 11.3 Å². The van der Waals surface area contributed by atoms with Crippen LogP contribution >= 0.6 is 0 Å². The van der Waals surface area contributed by atoms with Crippen molar-refractivity contribution in [2.45, 2.75) is 32.6 Å². The van der Waals surface area contributed by atoms with Gasteiger partial charge in [0.15, 0.2) is 0 Å². The Morgan fingerprint density at radius 3 is 2.37 bits per heavy atom. The number of nitrogens with one attached hydrogen (secondary N) is 1. The highest BCUT2D eigenvalue weighted by Crippen LogP contribution is 2.16. The molecule has 0 saturated carbocycles. The van der Waals surface area contributed by atoms with Crippen molar-refractivity contribution >= 4 is 17.4 Å². The van der Waals surface area contributed by atoms with Crippen LogP contribution in [0.15, 0.2) is 42.6 Å². The number of benzene rings is 1. The first-order valence-corrected chi connectivity index (χ1v) is 9.32. The summed E-state index contributed by atoms with van der Waals surface area (Å²) in [6.45, 7) is 6.95. The lowest BCUT2D eigenvalue weighted by molar-refractivity contribution is -0.0704. The van der Waals surface area contributed by atoms with Gasteiger partial charge in [0.25, 0.3) is 5.91 Å². The Morgan fingerprint density at radius 1 is 1.15 bits per heavy atom. The second kappa shape index (κ2) is 8.50. The predicted octanol–water partition coefficient (Wildman–Crippen LogP) is 3.01. The van der Waals surface area contributed by atoms with E-state index in [-0.39, 0.29) is 18.1 Å². The fraction of sp³-hybridized carbons (Fsp3) is 0.429. The first kappa shape index (κ1) is 19.3. The van der Waals surface area contributed by atoms with Gasteiger partial charge in [-0.3, -0.25) is 9.69 Å². The van der Waals surface area contributed by atoms with E-state index in [0.717, 1.165) is 25.5 Å². The van der Waals surface area contributed by atoms with Crippen molar-refractivity contribution in [3.05, 3.63) is 53.7 Å². The largest absolute Gasteiger partial charge is 0.373 e. The van der Waals surface area contributed by atoms with E-state index < -0.39 is 0 Å². The maximum absolute atomic E-state index is 12.4. The summed E-state index contributed by atoms with van der Waals surface area (Å²) in [5.41, 5.74) is 2.52. The lowest BCUT2D eigenvalue weighted by Gasteiger charge is -2.35. The van der Waals surface area contributed by atoms with Gasteiger partial charge in [-0.2, -0.15) is 0 Å². The van der Waals surface area contributed by atoms with Crippen LogP contribution in [-0.2, 0) is 11.3 Å². The highest BCUT2D eigenvalue weighted by molar-refractivity contribution is 6.04. The van der Waals surface area contributed by atoms with Crippen LogP contribution < -0.4 is 10.2 Å². The molecule has 1 saturated heterocycles. The standard InChI is InChI=1S/C21H28N4O2/c1-15-12-25(13-16(2)27-15)14-17-5-7-18(8-6-17)21(26)23-19-9-10-20(22-11-19)24(3)4/h5-11,15-16H,12-14H2,1-4H3,(H,23,26). The van der Waals surface area contributed by atoms with E-state index in [2.05, 4.69) is 29.0 Å². The van der Waals surface area contributed by atoms with E-state index in [4.69, 9.17) is 4.74 Å². The van der Waals surface area contributed by atoms with Crippen LogP contribution in [0.1, 0.15) is 29.8 Å². The summed E-state index contributed by atoms with van der Waals surface area (Å²) in [5.74, 6) is 0.721. The fourth-order valence-corrected chi connectivity index (χ4v) is 3.36. The molecule has 2 unspecified atom stereocenters. The molecular formula is C21H28N4O2. The van der Waals surface area contributed by atoms with Crippen molar-refractivity contribution in [1.29, 1.82) is 0 Å². The van der Waals surface area contributed by atoms with E-state index in [9.17, 15) is 4.79 Å². The molecule has 2 atom stereocenters. The number of carbonyl (C=O) groups is 1. The van der Waals surface area contributed by atoms with Crippen molar-refractivity contribution in [2.75, 3.05) is 37.4 Å². The number of ether oxygens (including phenoxy) is 1. The Hall–Kier alpha value is -2.44. The summed E-state index contributed by atoms with van der Waals surface area (Å²) in [4.78, 5) is 21.1. The third-order valence-electron chi connectivity index (χ3n) is 4.58. The van der Waals surface area contributed by atoms with Gasteiger partial charge in [0, 0.05) is 39.3 Å². The molecule has 0 radical (unpaired) electrons. The Balaban J connectivity index is 1.58. The third kappa shape index (κ3) is 5.28. The topological polar surface area (TPSA) is 57.7 Å². The minimum Gasteiger partial charge on any atom is -0.373 e. The van der Waals surface area contributed by atoms with Crippen LogP contribution in [0.4, 0.5) is 11.5 Å². The minimum absolute atomic E-state index is 0.130. The molecule has 6 nitrogen and oxygen atoms in total. The van der Waals surface area contributed by atoms with Gasteiger partial charge in [-0.05, 0) is 43.7 Å². The fourth-order valence-electron chi connectivity index (χ4n) is 3.36. The number of carbonyl (C=O) groups excluding carboxylic acids is 1. The van der Waals surface area contributed by atoms with Gasteiger partial charge in [-0.25, -0.2) is 4.98 Å². The zero-order valence-corrected chi connectivity index (χ0v) is 16.5. The first-order valence-electron chi connectivity index (χ1n) is 9.32. The van der Waals surface area contributed by atoms with E-state index >= 15 is 0 Å². The highest BCUT2D eigenvalue weighted by Gasteiger charge is 2.22. The molecule has 3 rings (SSSR count). The summed E-state index contributed by atoms with van der Waals surface area (Å²) in [7, 11) is 3.86. The van der Waals surface area contributed by atoms with Gasteiger partial charge in [0.05, 0.1) is 24.1 Å². The van der Waals surface area contributed by atoms with Gasteiger partial charge in [-0.1, -0.05) is 12.1 Å². The molecule has 2 aromatic rings. The molecule has 27 heavy (non-hydrogen) atoms. The van der Waals surface area contributed by atoms with Crippen molar-refractivity contribution in [2.24, 2.45) is 0 Å². The van der Waals surface area contributed by atoms with Gasteiger partial charge < -0.3 is 15.0 Å². The molecule has 1 aliphatic heterocycles. The molecule has 0 aliphatic carbocycles. The molecular weight excluding hydrogens is 340 g/mol. The summed E-state index contributed by atoms with van der Waals surface area (Å²) < 4.78 is 5.78. The summed E-state index contributed by atoms with van der Waals surface area (Å²) in [6, 6.07) is 11.5. The zero-order chi connectivity index (χ0) is 19.4. The number of amides is 1. The predicted molar refractivity (Wildman–Crippen MR) is 108 cm³/mol. The van der Waals surface area contributed by atoms with Crippen molar-refractivity contribution < 1.29 is 9.53 Å². The van der Waals surface area contributed by atoms with Crippen molar-refractivity contribution in [3.63, 3.8) is 0 Å². The van der Waals surface area contributed by atoms with Crippen LogP contribution in [0, 0.1) is 0 Å². The maximum Gasteiger partial charge on any atom is 0.255 e. The molecule has 6 heteroatoms. The van der Waals surface area contributed by atoms with E-state index in [1.807, 2.05) is 55.4 Å². The average molecular weight is 368 g/mol. The van der Waals surface area contributed by atoms with E-state index in [1.165, 1.54) is 5.56 Å². The monoisotopic (exact) mass is 368 g/mol. The van der Waals surface area contributed by atoms with Gasteiger partial charge in [0.2, 0.25) is 0 Å². The van der Waals surface area contributed by atoms with Gasteiger partial charge >= 0.3 is 0 Å². The molecule has 1 aromatic carbocycles. The number of hydrogen-bond donors (Lipinski definition) is 1. The number of anilines is 2. The number of morpholine rings is 1. The van der Waals surface area contributed by atoms with Crippen molar-refractivity contribution in [3.8, 4) is 0 Å². The molecule has 1 fully saturated rings. The van der Waals surface area contributed by atoms with Gasteiger partial charge in [0.1, 0.15) is 5.82 Å². The maximum atomic E-state index is 12.4. The third-order valence-corrected chi connectivity index (χ3v) is 4.58. The van der Waals surface area contributed by atoms with Crippen LogP contribution in [0.2, 0.25) is 0 Å². The number of pyridine rings is 1. The second-order valence-corrected chi connectivity index (χ2v) is 7.40. The Kier molecular flexibility index (Phi) is 6.08. The molecule has 1 amide bonds. The number of rotatable bonds is 5. The quantitative estimate of drug-likeness (QED) is 0.879. The zero-order valence-electron chi connectivity index (χ0n) is 16.5. The van der Waals surface area contributed by atoms with Crippen LogP contribution in [0.25, 0.3) is 0 Å². The summed E-state index contributed by atoms with van der Waals surface area (Å²) in [5, 5.41) is 2.89. The Morgan fingerprint density at radius 2 is 1.81 bits per heavy atom. The summed E-state index contributed by atoms with van der Waals surface area (Å²) >= 11 is 0. The Labute approximate surface area is 161 Å². The van der Waals surface area contributed by atoms with Gasteiger partial charge in [-0.15, -0.1) is 0 Å². The molecule has 1 aliphatic rings. The average Bonchev–Trinajstić information content (AvgIpc) is 2.62.